The minimum atomic E-state index is -0.636. The second-order valence-corrected chi connectivity index (χ2v) is 9.89. The Balaban J connectivity index is 1.22. The molecule has 0 bridgehead atoms. The Bertz CT molecular complexity index is 1180. The van der Waals surface area contributed by atoms with Crippen molar-refractivity contribution in [3.63, 3.8) is 0 Å². The highest BCUT2D eigenvalue weighted by Gasteiger charge is 2.33. The number of amides is 2. The molecule has 8 nitrogen and oxygen atoms in total. The van der Waals surface area contributed by atoms with Crippen molar-refractivity contribution in [3.05, 3.63) is 83.2 Å². The first-order chi connectivity index (χ1) is 17.5. The van der Waals surface area contributed by atoms with Crippen molar-refractivity contribution >= 4 is 11.8 Å². The highest BCUT2D eigenvalue weighted by molar-refractivity contribution is 5.92. The smallest absolute Gasteiger partial charge is 0.273 e. The largest absolute Gasteiger partial charge is 0.508 e. The zero-order valence-corrected chi connectivity index (χ0v) is 20.2. The molecular weight excluding hydrogens is 456 g/mol. The van der Waals surface area contributed by atoms with Crippen LogP contribution in [0.15, 0.2) is 65.2 Å². The van der Waals surface area contributed by atoms with E-state index in [4.69, 9.17) is 10.3 Å². The monoisotopic (exact) mass is 488 g/mol. The molecule has 0 radical (unpaired) electrons. The zero-order valence-electron chi connectivity index (χ0n) is 20.2. The fourth-order valence-corrected chi connectivity index (χ4v) is 4.97. The number of rotatable bonds is 8. The summed E-state index contributed by atoms with van der Waals surface area (Å²) < 4.78 is 5.37. The van der Waals surface area contributed by atoms with Crippen molar-refractivity contribution in [3.8, 4) is 5.75 Å². The number of phenolic OH excluding ortho intramolecular Hbond substituents is 1. The molecule has 4 N–H and O–H groups in total. The highest BCUT2D eigenvalue weighted by atomic mass is 16.5. The van der Waals surface area contributed by atoms with E-state index in [-0.39, 0.29) is 29.5 Å². The van der Waals surface area contributed by atoms with E-state index in [0.717, 1.165) is 42.6 Å². The van der Waals surface area contributed by atoms with Gasteiger partial charge in [0.2, 0.25) is 5.91 Å². The van der Waals surface area contributed by atoms with Crippen molar-refractivity contribution in [1.82, 2.24) is 15.4 Å². The van der Waals surface area contributed by atoms with Gasteiger partial charge in [0, 0.05) is 25.1 Å². The molecule has 1 saturated heterocycles. The minimum Gasteiger partial charge on any atom is -0.508 e. The van der Waals surface area contributed by atoms with Gasteiger partial charge in [-0.1, -0.05) is 47.6 Å². The van der Waals surface area contributed by atoms with Gasteiger partial charge in [0.05, 0.1) is 12.1 Å². The Morgan fingerprint density at radius 3 is 2.42 bits per heavy atom. The molecule has 2 heterocycles. The van der Waals surface area contributed by atoms with Gasteiger partial charge >= 0.3 is 0 Å². The first kappa shape index (κ1) is 24.1. The van der Waals surface area contributed by atoms with Gasteiger partial charge < -0.3 is 25.6 Å². The Labute approximate surface area is 210 Å². The molecule has 36 heavy (non-hydrogen) atoms. The van der Waals surface area contributed by atoms with E-state index in [1.807, 2.05) is 35.2 Å². The van der Waals surface area contributed by atoms with Crippen LogP contribution < -0.4 is 11.1 Å². The number of carbonyl (C=O) groups excluding carboxylic acids is 2. The molecule has 2 aliphatic rings. The molecule has 2 atom stereocenters. The van der Waals surface area contributed by atoms with Crippen molar-refractivity contribution in [2.75, 3.05) is 13.1 Å². The van der Waals surface area contributed by atoms with E-state index in [1.165, 1.54) is 0 Å². The fourth-order valence-electron chi connectivity index (χ4n) is 4.97. The molecule has 1 aromatic heterocycles. The van der Waals surface area contributed by atoms with Crippen LogP contribution in [0.4, 0.5) is 0 Å². The summed E-state index contributed by atoms with van der Waals surface area (Å²) in [6.07, 6.45) is 4.09. The molecular formula is C28H32N4O4. The van der Waals surface area contributed by atoms with Crippen molar-refractivity contribution in [2.45, 2.75) is 50.1 Å². The second-order valence-electron chi connectivity index (χ2n) is 9.89. The number of nitrogens with zero attached hydrogens (tertiary/aromatic N) is 2. The summed E-state index contributed by atoms with van der Waals surface area (Å²) in [5.74, 6) is 1.22. The maximum Gasteiger partial charge on any atom is 0.273 e. The molecule has 2 aromatic carbocycles. The molecule has 5 rings (SSSR count). The normalized spacial score (nSPS) is 18.0. The third kappa shape index (κ3) is 5.60. The lowest BCUT2D eigenvalue weighted by molar-refractivity contribution is -0.134. The first-order valence-corrected chi connectivity index (χ1v) is 12.6. The third-order valence-electron chi connectivity index (χ3n) is 7.22. The van der Waals surface area contributed by atoms with Gasteiger partial charge in [0.25, 0.3) is 5.91 Å². The number of hydrogen-bond acceptors (Lipinski definition) is 6. The van der Waals surface area contributed by atoms with E-state index in [1.54, 1.807) is 30.3 Å². The summed E-state index contributed by atoms with van der Waals surface area (Å²) in [6.45, 7) is 1.17. The Kier molecular flexibility index (Phi) is 7.04. The van der Waals surface area contributed by atoms with E-state index in [9.17, 15) is 14.7 Å². The number of piperidine rings is 1. The van der Waals surface area contributed by atoms with Crippen LogP contribution in [0.5, 0.6) is 5.75 Å². The molecule has 1 unspecified atom stereocenters. The van der Waals surface area contributed by atoms with Crippen LogP contribution in [-0.2, 0) is 11.2 Å². The molecule has 2 fully saturated rings. The highest BCUT2D eigenvalue weighted by Crippen LogP contribution is 2.40. The number of phenols is 1. The van der Waals surface area contributed by atoms with E-state index >= 15 is 0 Å². The van der Waals surface area contributed by atoms with Gasteiger partial charge in [-0.15, -0.1) is 0 Å². The van der Waals surface area contributed by atoms with Crippen LogP contribution in [0.1, 0.15) is 65.0 Å². The van der Waals surface area contributed by atoms with E-state index in [0.29, 0.717) is 31.1 Å². The molecule has 188 valence electrons. The second kappa shape index (κ2) is 10.5. The molecule has 8 heteroatoms. The molecule has 1 saturated carbocycles. The van der Waals surface area contributed by atoms with E-state index < -0.39 is 6.04 Å². The van der Waals surface area contributed by atoms with Gasteiger partial charge in [0.15, 0.2) is 5.69 Å². The number of benzene rings is 2. The van der Waals surface area contributed by atoms with Crippen LogP contribution in [0.3, 0.4) is 0 Å². The number of likely N-dealkylation sites (tertiary alicyclic amines) is 1. The molecule has 3 aromatic rings. The SMILES string of the molecule is N[C@@H](Cc1ccc(O)cc1)C(=O)N1CCC(C(NC(=O)c2cc(C3CC3)on2)c2ccccc2)CC1. The van der Waals surface area contributed by atoms with Gasteiger partial charge in [-0.25, -0.2) is 0 Å². The molecule has 0 spiro atoms. The Morgan fingerprint density at radius 2 is 1.75 bits per heavy atom. The lowest BCUT2D eigenvalue weighted by atomic mass is 9.85. The summed E-state index contributed by atoms with van der Waals surface area (Å²) in [5, 5.41) is 16.6. The quantitative estimate of drug-likeness (QED) is 0.446. The van der Waals surface area contributed by atoms with Crippen LogP contribution in [0, 0.1) is 5.92 Å². The topological polar surface area (TPSA) is 122 Å². The Morgan fingerprint density at radius 1 is 1.06 bits per heavy atom. The molecule has 1 aliphatic heterocycles. The van der Waals surface area contributed by atoms with Crippen LogP contribution >= 0.6 is 0 Å². The summed E-state index contributed by atoms with van der Waals surface area (Å²) in [4.78, 5) is 27.9. The number of hydrogen-bond donors (Lipinski definition) is 3. The van der Waals surface area contributed by atoms with Crippen LogP contribution in [-0.4, -0.2) is 46.1 Å². The average molecular weight is 489 g/mol. The number of aromatic hydroxyl groups is 1. The summed E-state index contributed by atoms with van der Waals surface area (Å²) >= 11 is 0. The van der Waals surface area contributed by atoms with Gasteiger partial charge in [-0.3, -0.25) is 9.59 Å². The first-order valence-electron chi connectivity index (χ1n) is 12.6. The molecule has 2 amide bonds. The van der Waals surface area contributed by atoms with Crippen LogP contribution in [0.2, 0.25) is 0 Å². The van der Waals surface area contributed by atoms with Gasteiger partial charge in [-0.05, 0) is 61.3 Å². The average Bonchev–Trinajstić information content (AvgIpc) is 3.64. The number of nitrogens with one attached hydrogen (secondary N) is 1. The predicted molar refractivity (Wildman–Crippen MR) is 134 cm³/mol. The van der Waals surface area contributed by atoms with Crippen molar-refractivity contribution < 1.29 is 19.2 Å². The maximum absolute atomic E-state index is 13.1. The zero-order chi connectivity index (χ0) is 25.1. The standard InChI is InChI=1S/C28H32N4O4/c29-23(16-18-6-10-22(33)11-7-18)28(35)32-14-12-21(13-15-32)26(20-4-2-1-3-5-20)30-27(34)24-17-25(36-31-24)19-8-9-19/h1-7,10-11,17,19,21,23,26,33H,8-9,12-16,29H2,(H,30,34)/t23-,26?/m0/s1. The lowest BCUT2D eigenvalue weighted by Gasteiger charge is -2.37. The summed E-state index contributed by atoms with van der Waals surface area (Å²) in [5.41, 5.74) is 8.49. The third-order valence-corrected chi connectivity index (χ3v) is 7.22. The fraction of sp³-hybridized carbons (Fsp3) is 0.393. The van der Waals surface area contributed by atoms with Crippen molar-refractivity contribution in [1.29, 1.82) is 0 Å². The van der Waals surface area contributed by atoms with Gasteiger partial charge in [0.1, 0.15) is 11.5 Å². The summed E-state index contributed by atoms with van der Waals surface area (Å²) in [7, 11) is 0. The van der Waals surface area contributed by atoms with Gasteiger partial charge in [-0.2, -0.15) is 0 Å². The number of carbonyl (C=O) groups is 2. The predicted octanol–water partition coefficient (Wildman–Crippen LogP) is 3.54. The summed E-state index contributed by atoms with van der Waals surface area (Å²) in [6, 6.07) is 17.6. The maximum atomic E-state index is 13.1. The van der Waals surface area contributed by atoms with Crippen LogP contribution in [0.25, 0.3) is 0 Å². The lowest BCUT2D eigenvalue weighted by Crippen LogP contribution is -2.49. The minimum absolute atomic E-state index is 0.0722. The van der Waals surface area contributed by atoms with E-state index in [2.05, 4.69) is 10.5 Å². The number of nitrogens with two attached hydrogens (primary N) is 1. The number of aromatic nitrogens is 1. The Hall–Kier alpha value is -3.65. The molecule has 1 aliphatic carbocycles. The van der Waals surface area contributed by atoms with Crippen molar-refractivity contribution in [2.24, 2.45) is 11.7 Å².